The Balaban J connectivity index is 1.54. The van der Waals surface area contributed by atoms with Crippen LogP contribution in [0, 0.1) is 30.1 Å². The second-order valence-corrected chi connectivity index (χ2v) is 9.38. The van der Waals surface area contributed by atoms with Crippen molar-refractivity contribution in [3.8, 4) is 0 Å². The molecule has 1 aromatic heterocycles. The van der Waals surface area contributed by atoms with Crippen molar-refractivity contribution in [2.24, 2.45) is 23.2 Å². The lowest BCUT2D eigenvalue weighted by Crippen LogP contribution is -2.51. The van der Waals surface area contributed by atoms with E-state index < -0.39 is 0 Å². The SMILES string of the molecule is Cc1noc2c1[C@@]1(C)CC[C@H]3[C@@H](CC=C4C[C@H](O)CC[C@@]43C)[C@H]1C2. The lowest BCUT2D eigenvalue weighted by Gasteiger charge is -2.57. The smallest absolute Gasteiger partial charge is 0.141 e. The van der Waals surface area contributed by atoms with E-state index in [0.717, 1.165) is 43.2 Å². The molecule has 0 unspecified atom stereocenters. The van der Waals surface area contributed by atoms with Gasteiger partial charge in [-0.2, -0.15) is 0 Å². The van der Waals surface area contributed by atoms with Crippen molar-refractivity contribution in [3.63, 3.8) is 0 Å². The molecule has 0 aromatic carbocycles. The molecule has 3 heteroatoms. The van der Waals surface area contributed by atoms with Crippen molar-refractivity contribution in [2.45, 2.75) is 77.2 Å². The number of fused-ring (bicyclic) bond motifs is 7. The van der Waals surface area contributed by atoms with E-state index in [1.807, 2.05) is 0 Å². The third-order valence-corrected chi connectivity index (χ3v) is 8.38. The third kappa shape index (κ3) is 1.75. The molecule has 0 amide bonds. The first kappa shape index (κ1) is 15.2. The minimum absolute atomic E-state index is 0.112. The summed E-state index contributed by atoms with van der Waals surface area (Å²) in [5.74, 6) is 3.41. The minimum atomic E-state index is -0.112. The Bertz CT molecular complexity index is 719. The number of aliphatic hydroxyl groups is 1. The molecule has 2 fully saturated rings. The predicted molar refractivity (Wildman–Crippen MR) is 92.7 cm³/mol. The summed E-state index contributed by atoms with van der Waals surface area (Å²) in [4.78, 5) is 0. The van der Waals surface area contributed by atoms with Gasteiger partial charge in [0.15, 0.2) is 0 Å². The summed E-state index contributed by atoms with van der Waals surface area (Å²) < 4.78 is 5.69. The summed E-state index contributed by atoms with van der Waals surface area (Å²) in [6, 6.07) is 0. The van der Waals surface area contributed by atoms with Gasteiger partial charge in [-0.1, -0.05) is 30.7 Å². The molecule has 3 nitrogen and oxygen atoms in total. The molecule has 0 aliphatic heterocycles. The van der Waals surface area contributed by atoms with Crippen LogP contribution in [-0.2, 0) is 11.8 Å². The molecule has 0 bridgehead atoms. The largest absolute Gasteiger partial charge is 0.393 e. The molecule has 5 rings (SSSR count). The number of nitrogens with zero attached hydrogens (tertiary/aromatic N) is 1. The highest BCUT2D eigenvalue weighted by atomic mass is 16.5. The van der Waals surface area contributed by atoms with Crippen LogP contribution in [0.1, 0.15) is 69.4 Å². The Labute approximate surface area is 144 Å². The van der Waals surface area contributed by atoms with Crippen LogP contribution in [0.3, 0.4) is 0 Å². The van der Waals surface area contributed by atoms with E-state index in [0.29, 0.717) is 11.3 Å². The average molecular weight is 327 g/mol. The lowest BCUT2D eigenvalue weighted by molar-refractivity contribution is -0.0172. The molecule has 24 heavy (non-hydrogen) atoms. The Morgan fingerprint density at radius 1 is 1.12 bits per heavy atom. The Hall–Kier alpha value is -1.09. The highest BCUT2D eigenvalue weighted by Gasteiger charge is 2.58. The maximum atomic E-state index is 10.1. The normalized spacial score (nSPS) is 46.6. The van der Waals surface area contributed by atoms with Crippen LogP contribution in [0.2, 0.25) is 0 Å². The summed E-state index contributed by atoms with van der Waals surface area (Å²) in [6.45, 7) is 7.07. The fraction of sp³-hybridized carbons (Fsp3) is 0.762. The van der Waals surface area contributed by atoms with E-state index in [1.165, 1.54) is 30.6 Å². The van der Waals surface area contributed by atoms with Crippen molar-refractivity contribution in [2.75, 3.05) is 0 Å². The van der Waals surface area contributed by atoms with Gasteiger partial charge in [0.25, 0.3) is 0 Å². The average Bonchev–Trinajstić information content (AvgIpc) is 3.06. The van der Waals surface area contributed by atoms with E-state index in [1.54, 1.807) is 5.57 Å². The molecule has 1 aromatic rings. The monoisotopic (exact) mass is 327 g/mol. The van der Waals surface area contributed by atoms with Gasteiger partial charge in [-0.3, -0.25) is 0 Å². The first-order chi connectivity index (χ1) is 11.4. The van der Waals surface area contributed by atoms with Crippen LogP contribution in [0.15, 0.2) is 16.2 Å². The van der Waals surface area contributed by atoms with Crippen LogP contribution in [0.5, 0.6) is 0 Å². The zero-order valence-electron chi connectivity index (χ0n) is 15.1. The Morgan fingerprint density at radius 2 is 1.92 bits per heavy atom. The first-order valence-electron chi connectivity index (χ1n) is 9.76. The van der Waals surface area contributed by atoms with E-state index in [9.17, 15) is 5.11 Å². The molecule has 4 aliphatic rings. The second-order valence-electron chi connectivity index (χ2n) is 9.38. The highest BCUT2D eigenvalue weighted by Crippen LogP contribution is 2.64. The molecular weight excluding hydrogens is 298 g/mol. The zero-order valence-corrected chi connectivity index (χ0v) is 15.1. The molecule has 0 spiro atoms. The molecule has 6 atom stereocenters. The number of aromatic nitrogens is 1. The predicted octanol–water partition coefficient (Wildman–Crippen LogP) is 4.32. The van der Waals surface area contributed by atoms with Gasteiger partial charge in [-0.05, 0) is 68.6 Å². The topological polar surface area (TPSA) is 46.3 Å². The van der Waals surface area contributed by atoms with Crippen LogP contribution in [-0.4, -0.2) is 16.4 Å². The highest BCUT2D eigenvalue weighted by molar-refractivity contribution is 5.40. The van der Waals surface area contributed by atoms with Crippen LogP contribution < -0.4 is 0 Å². The Morgan fingerprint density at radius 3 is 2.75 bits per heavy atom. The molecule has 130 valence electrons. The fourth-order valence-electron chi connectivity index (χ4n) is 7.14. The van der Waals surface area contributed by atoms with Gasteiger partial charge in [0, 0.05) is 17.4 Å². The quantitative estimate of drug-likeness (QED) is 0.722. The Kier molecular flexibility index (Phi) is 3.01. The van der Waals surface area contributed by atoms with Crippen molar-refractivity contribution < 1.29 is 9.63 Å². The maximum Gasteiger partial charge on any atom is 0.141 e. The summed E-state index contributed by atoms with van der Waals surface area (Å²) in [5.41, 5.74) is 4.69. The number of allylic oxidation sites excluding steroid dienone is 1. The van der Waals surface area contributed by atoms with Crippen molar-refractivity contribution >= 4 is 0 Å². The van der Waals surface area contributed by atoms with E-state index >= 15 is 0 Å². The van der Waals surface area contributed by atoms with Crippen LogP contribution in [0.4, 0.5) is 0 Å². The summed E-state index contributed by atoms with van der Waals surface area (Å²) in [7, 11) is 0. The minimum Gasteiger partial charge on any atom is -0.393 e. The van der Waals surface area contributed by atoms with Gasteiger partial charge in [0.1, 0.15) is 5.76 Å². The lowest BCUT2D eigenvalue weighted by atomic mass is 9.47. The van der Waals surface area contributed by atoms with Gasteiger partial charge in [0.2, 0.25) is 0 Å². The number of rotatable bonds is 0. The van der Waals surface area contributed by atoms with E-state index in [4.69, 9.17) is 4.52 Å². The van der Waals surface area contributed by atoms with Gasteiger partial charge in [0.05, 0.1) is 11.8 Å². The number of aryl methyl sites for hydroxylation is 1. The zero-order chi connectivity index (χ0) is 16.7. The van der Waals surface area contributed by atoms with Gasteiger partial charge in [-0.15, -0.1) is 0 Å². The number of hydrogen-bond donors (Lipinski definition) is 1. The number of hydrogen-bond acceptors (Lipinski definition) is 3. The van der Waals surface area contributed by atoms with Crippen molar-refractivity contribution in [3.05, 3.63) is 28.7 Å². The summed E-state index contributed by atoms with van der Waals surface area (Å²) in [5, 5.41) is 14.4. The van der Waals surface area contributed by atoms with Crippen LogP contribution in [0.25, 0.3) is 0 Å². The standard InChI is InChI=1S/C21H29NO2/c1-12-19-18(24-22-12)11-17-15-5-4-13-10-14(23)6-8-20(13,2)16(15)7-9-21(17,19)3/h4,14-17,23H,5-11H2,1-3H3/t14-,15-,16+,17-,20+,21+/m1/s1. The molecule has 1 N–H and O–H groups in total. The van der Waals surface area contributed by atoms with Gasteiger partial charge >= 0.3 is 0 Å². The second kappa shape index (κ2) is 4.75. The number of aliphatic hydroxyl groups excluding tert-OH is 1. The molecule has 0 radical (unpaired) electrons. The summed E-state index contributed by atoms with van der Waals surface area (Å²) >= 11 is 0. The van der Waals surface area contributed by atoms with E-state index in [2.05, 4.69) is 32.0 Å². The molecule has 0 saturated heterocycles. The maximum absolute atomic E-state index is 10.1. The summed E-state index contributed by atoms with van der Waals surface area (Å²) in [6.07, 6.45) is 10.3. The van der Waals surface area contributed by atoms with E-state index in [-0.39, 0.29) is 11.5 Å². The van der Waals surface area contributed by atoms with Crippen LogP contribution >= 0.6 is 0 Å². The molecule has 2 saturated carbocycles. The van der Waals surface area contributed by atoms with Gasteiger partial charge < -0.3 is 9.63 Å². The van der Waals surface area contributed by atoms with Crippen molar-refractivity contribution in [1.82, 2.24) is 5.16 Å². The first-order valence-corrected chi connectivity index (χ1v) is 9.76. The van der Waals surface area contributed by atoms with Gasteiger partial charge in [-0.25, -0.2) is 0 Å². The molecule has 4 aliphatic carbocycles. The fourth-order valence-corrected chi connectivity index (χ4v) is 7.14. The third-order valence-electron chi connectivity index (χ3n) is 8.38. The molecular formula is C21H29NO2. The molecule has 1 heterocycles. The van der Waals surface area contributed by atoms with Crippen molar-refractivity contribution in [1.29, 1.82) is 0 Å².